The highest BCUT2D eigenvalue weighted by Crippen LogP contribution is 2.30. The van der Waals surface area contributed by atoms with E-state index in [4.69, 9.17) is 10.5 Å². The van der Waals surface area contributed by atoms with Crippen molar-refractivity contribution in [1.82, 2.24) is 0 Å². The zero-order chi connectivity index (χ0) is 12.3. The molecule has 2 N–H and O–H groups in total. The zero-order valence-electron chi connectivity index (χ0n) is 10.9. The van der Waals surface area contributed by atoms with E-state index in [1.54, 1.807) is 0 Å². The second-order valence-electron chi connectivity index (χ2n) is 5.59. The SMILES string of the molecule is CC1CC(C)CC(OCc2ccc(N)cc2)C1. The fraction of sp³-hybridized carbons (Fsp3) is 0.600. The molecule has 2 rings (SSSR count). The van der Waals surface area contributed by atoms with Gasteiger partial charge in [-0.05, 0) is 48.8 Å². The number of benzene rings is 1. The van der Waals surface area contributed by atoms with Crippen molar-refractivity contribution < 1.29 is 4.74 Å². The molecule has 0 saturated heterocycles. The number of hydrogen-bond acceptors (Lipinski definition) is 2. The van der Waals surface area contributed by atoms with Crippen LogP contribution in [0, 0.1) is 11.8 Å². The van der Waals surface area contributed by atoms with Gasteiger partial charge in [-0.25, -0.2) is 0 Å². The Labute approximate surface area is 104 Å². The fourth-order valence-electron chi connectivity index (χ4n) is 2.84. The van der Waals surface area contributed by atoms with Crippen molar-refractivity contribution in [3.05, 3.63) is 29.8 Å². The van der Waals surface area contributed by atoms with E-state index in [2.05, 4.69) is 13.8 Å². The van der Waals surface area contributed by atoms with Gasteiger partial charge in [-0.2, -0.15) is 0 Å². The van der Waals surface area contributed by atoms with Crippen molar-refractivity contribution in [2.75, 3.05) is 5.73 Å². The molecule has 0 radical (unpaired) electrons. The van der Waals surface area contributed by atoms with Crippen molar-refractivity contribution in [2.24, 2.45) is 11.8 Å². The number of nitrogen functional groups attached to an aromatic ring is 1. The zero-order valence-corrected chi connectivity index (χ0v) is 10.9. The van der Waals surface area contributed by atoms with E-state index in [9.17, 15) is 0 Å². The molecule has 2 nitrogen and oxygen atoms in total. The molecule has 1 aromatic rings. The van der Waals surface area contributed by atoms with Gasteiger partial charge in [0.2, 0.25) is 0 Å². The third kappa shape index (κ3) is 3.74. The number of anilines is 1. The molecule has 2 atom stereocenters. The van der Waals surface area contributed by atoms with Crippen molar-refractivity contribution in [3.63, 3.8) is 0 Å². The Balaban J connectivity index is 1.83. The highest BCUT2D eigenvalue weighted by molar-refractivity contribution is 5.39. The molecule has 0 heterocycles. The Bertz CT molecular complexity index is 336. The van der Waals surface area contributed by atoms with Crippen LogP contribution in [0.25, 0.3) is 0 Å². The molecule has 1 aromatic carbocycles. The molecule has 17 heavy (non-hydrogen) atoms. The monoisotopic (exact) mass is 233 g/mol. The molecule has 1 fully saturated rings. The Hall–Kier alpha value is -1.02. The smallest absolute Gasteiger partial charge is 0.0720 e. The summed E-state index contributed by atoms with van der Waals surface area (Å²) in [6.45, 7) is 5.37. The van der Waals surface area contributed by atoms with Crippen LogP contribution >= 0.6 is 0 Å². The molecule has 2 heteroatoms. The van der Waals surface area contributed by atoms with Gasteiger partial charge >= 0.3 is 0 Å². The first-order chi connectivity index (χ1) is 8.13. The number of nitrogens with two attached hydrogens (primary N) is 1. The third-order valence-corrected chi connectivity index (χ3v) is 3.60. The second-order valence-corrected chi connectivity index (χ2v) is 5.59. The third-order valence-electron chi connectivity index (χ3n) is 3.60. The number of hydrogen-bond donors (Lipinski definition) is 1. The minimum Gasteiger partial charge on any atom is -0.399 e. The molecule has 0 amide bonds. The van der Waals surface area contributed by atoms with Gasteiger partial charge in [0, 0.05) is 5.69 Å². The molecule has 1 saturated carbocycles. The Morgan fingerprint density at radius 2 is 1.65 bits per heavy atom. The van der Waals surface area contributed by atoms with Crippen molar-refractivity contribution in [1.29, 1.82) is 0 Å². The van der Waals surface area contributed by atoms with Crippen LogP contribution < -0.4 is 5.73 Å². The van der Waals surface area contributed by atoms with Gasteiger partial charge in [-0.1, -0.05) is 26.0 Å². The quantitative estimate of drug-likeness (QED) is 0.809. The normalized spacial score (nSPS) is 29.2. The standard InChI is InChI=1S/C15H23NO/c1-11-7-12(2)9-15(8-11)17-10-13-3-5-14(16)6-4-13/h3-6,11-12,15H,7-10,16H2,1-2H3. The van der Waals surface area contributed by atoms with Gasteiger partial charge in [0.05, 0.1) is 12.7 Å². The summed E-state index contributed by atoms with van der Waals surface area (Å²) in [7, 11) is 0. The molecule has 94 valence electrons. The summed E-state index contributed by atoms with van der Waals surface area (Å²) in [5.74, 6) is 1.60. The van der Waals surface area contributed by atoms with E-state index < -0.39 is 0 Å². The average molecular weight is 233 g/mol. The number of ether oxygens (including phenoxy) is 1. The van der Waals surface area contributed by atoms with Crippen molar-refractivity contribution in [3.8, 4) is 0 Å². The maximum absolute atomic E-state index is 6.01. The lowest BCUT2D eigenvalue weighted by Gasteiger charge is -2.31. The molecule has 0 aliphatic heterocycles. The summed E-state index contributed by atoms with van der Waals surface area (Å²) >= 11 is 0. The lowest BCUT2D eigenvalue weighted by Crippen LogP contribution is -2.26. The Morgan fingerprint density at radius 3 is 2.24 bits per heavy atom. The van der Waals surface area contributed by atoms with Gasteiger partial charge in [0.25, 0.3) is 0 Å². The lowest BCUT2D eigenvalue weighted by atomic mass is 9.82. The van der Waals surface area contributed by atoms with Gasteiger partial charge < -0.3 is 10.5 Å². The fourth-order valence-corrected chi connectivity index (χ4v) is 2.84. The lowest BCUT2D eigenvalue weighted by molar-refractivity contribution is -0.00914. The predicted molar refractivity (Wildman–Crippen MR) is 71.6 cm³/mol. The van der Waals surface area contributed by atoms with Gasteiger partial charge in [0.15, 0.2) is 0 Å². The molecule has 0 aromatic heterocycles. The van der Waals surface area contributed by atoms with Crippen molar-refractivity contribution in [2.45, 2.75) is 45.8 Å². The molecule has 1 aliphatic rings. The van der Waals surface area contributed by atoms with E-state index in [1.165, 1.54) is 24.8 Å². The van der Waals surface area contributed by atoms with Crippen LogP contribution in [-0.4, -0.2) is 6.10 Å². The van der Waals surface area contributed by atoms with Gasteiger partial charge in [-0.3, -0.25) is 0 Å². The van der Waals surface area contributed by atoms with Crippen LogP contribution in [-0.2, 0) is 11.3 Å². The summed E-state index contributed by atoms with van der Waals surface area (Å²) in [6.07, 6.45) is 4.20. The summed E-state index contributed by atoms with van der Waals surface area (Å²) in [6, 6.07) is 7.96. The summed E-state index contributed by atoms with van der Waals surface area (Å²) < 4.78 is 6.01. The highest BCUT2D eigenvalue weighted by Gasteiger charge is 2.24. The van der Waals surface area contributed by atoms with Gasteiger partial charge in [-0.15, -0.1) is 0 Å². The molecule has 2 unspecified atom stereocenters. The molecular weight excluding hydrogens is 210 g/mol. The minimum absolute atomic E-state index is 0.436. The highest BCUT2D eigenvalue weighted by atomic mass is 16.5. The van der Waals surface area contributed by atoms with Crippen LogP contribution in [0.1, 0.15) is 38.7 Å². The molecule has 1 aliphatic carbocycles. The van der Waals surface area contributed by atoms with E-state index in [-0.39, 0.29) is 0 Å². The summed E-state index contributed by atoms with van der Waals surface area (Å²) in [5, 5.41) is 0. The first-order valence-corrected chi connectivity index (χ1v) is 6.59. The average Bonchev–Trinajstić information content (AvgIpc) is 2.27. The minimum atomic E-state index is 0.436. The van der Waals surface area contributed by atoms with E-state index in [0.717, 1.165) is 17.5 Å². The van der Waals surface area contributed by atoms with Crippen LogP contribution in [0.2, 0.25) is 0 Å². The Kier molecular flexibility index (Phi) is 4.06. The molecular formula is C15H23NO. The van der Waals surface area contributed by atoms with E-state index >= 15 is 0 Å². The van der Waals surface area contributed by atoms with E-state index in [0.29, 0.717) is 12.7 Å². The summed E-state index contributed by atoms with van der Waals surface area (Å²) in [4.78, 5) is 0. The van der Waals surface area contributed by atoms with Crippen LogP contribution in [0.5, 0.6) is 0 Å². The maximum Gasteiger partial charge on any atom is 0.0720 e. The summed E-state index contributed by atoms with van der Waals surface area (Å²) in [5.41, 5.74) is 7.69. The molecule has 0 spiro atoms. The maximum atomic E-state index is 6.01. The first kappa shape index (κ1) is 12.4. The van der Waals surface area contributed by atoms with Crippen LogP contribution in [0.3, 0.4) is 0 Å². The second kappa shape index (κ2) is 5.54. The topological polar surface area (TPSA) is 35.2 Å². The van der Waals surface area contributed by atoms with Crippen LogP contribution in [0.15, 0.2) is 24.3 Å². The number of rotatable bonds is 3. The Morgan fingerprint density at radius 1 is 1.06 bits per heavy atom. The largest absolute Gasteiger partial charge is 0.399 e. The van der Waals surface area contributed by atoms with E-state index in [1.807, 2.05) is 24.3 Å². The van der Waals surface area contributed by atoms with Crippen molar-refractivity contribution >= 4 is 5.69 Å². The van der Waals surface area contributed by atoms with Crippen LogP contribution in [0.4, 0.5) is 5.69 Å². The molecule has 0 bridgehead atoms. The van der Waals surface area contributed by atoms with Gasteiger partial charge in [0.1, 0.15) is 0 Å². The predicted octanol–water partition coefficient (Wildman–Crippen LogP) is 3.61. The first-order valence-electron chi connectivity index (χ1n) is 6.59.